The largest absolute Gasteiger partial charge is 0.325 e. The number of hydrogen-bond acceptors (Lipinski definition) is 3. The molecule has 0 atom stereocenters. The van der Waals surface area contributed by atoms with E-state index in [0.29, 0.717) is 19.5 Å². The zero-order valence-corrected chi connectivity index (χ0v) is 17.5. The summed E-state index contributed by atoms with van der Waals surface area (Å²) >= 11 is 0. The molecule has 3 aromatic rings. The molecule has 1 aliphatic rings. The van der Waals surface area contributed by atoms with Crippen molar-refractivity contribution in [1.82, 2.24) is 4.90 Å². The lowest BCUT2D eigenvalue weighted by Gasteiger charge is -2.22. The molecule has 0 saturated carbocycles. The number of anilines is 2. The van der Waals surface area contributed by atoms with Gasteiger partial charge in [0.1, 0.15) is 0 Å². The van der Waals surface area contributed by atoms with E-state index in [1.165, 1.54) is 11.1 Å². The van der Waals surface area contributed by atoms with E-state index in [0.717, 1.165) is 24.3 Å². The van der Waals surface area contributed by atoms with Gasteiger partial charge < -0.3 is 10.2 Å². The number of benzene rings is 3. The molecule has 0 aliphatic carbocycles. The van der Waals surface area contributed by atoms with Crippen molar-refractivity contribution in [2.75, 3.05) is 23.3 Å². The van der Waals surface area contributed by atoms with E-state index in [1.54, 1.807) is 4.90 Å². The van der Waals surface area contributed by atoms with Crippen molar-refractivity contribution in [2.24, 2.45) is 0 Å². The maximum absolute atomic E-state index is 12.8. The number of nitrogens with zero attached hydrogens (tertiary/aromatic N) is 2. The van der Waals surface area contributed by atoms with Crippen molar-refractivity contribution in [2.45, 2.75) is 25.9 Å². The van der Waals surface area contributed by atoms with Gasteiger partial charge in [-0.3, -0.25) is 14.5 Å². The molecule has 3 aromatic carbocycles. The second-order valence-corrected chi connectivity index (χ2v) is 7.86. The van der Waals surface area contributed by atoms with Gasteiger partial charge >= 0.3 is 0 Å². The summed E-state index contributed by atoms with van der Waals surface area (Å²) in [4.78, 5) is 28.6. The quantitative estimate of drug-likeness (QED) is 0.593. The third-order valence-electron chi connectivity index (χ3n) is 5.40. The molecule has 31 heavy (non-hydrogen) atoms. The first kappa shape index (κ1) is 20.8. The highest BCUT2D eigenvalue weighted by molar-refractivity contribution is 5.96. The molecule has 158 valence electrons. The third-order valence-corrected chi connectivity index (χ3v) is 5.40. The fourth-order valence-electron chi connectivity index (χ4n) is 3.90. The minimum atomic E-state index is -0.0585. The average Bonchev–Trinajstić information content (AvgIpc) is 3.21. The summed E-state index contributed by atoms with van der Waals surface area (Å²) in [5.41, 5.74) is 3.96. The van der Waals surface area contributed by atoms with Crippen LogP contribution in [0.3, 0.4) is 0 Å². The lowest BCUT2D eigenvalue weighted by molar-refractivity contribution is -0.118. The molecule has 5 nitrogen and oxygen atoms in total. The van der Waals surface area contributed by atoms with E-state index in [2.05, 4.69) is 34.5 Å². The Morgan fingerprint density at radius 1 is 0.839 bits per heavy atom. The van der Waals surface area contributed by atoms with Gasteiger partial charge in [0.2, 0.25) is 11.8 Å². The summed E-state index contributed by atoms with van der Waals surface area (Å²) in [6.45, 7) is 2.44. The van der Waals surface area contributed by atoms with Gasteiger partial charge in [0.25, 0.3) is 0 Å². The summed E-state index contributed by atoms with van der Waals surface area (Å²) in [5, 5.41) is 2.99. The lowest BCUT2D eigenvalue weighted by Crippen LogP contribution is -2.32. The van der Waals surface area contributed by atoms with Gasteiger partial charge in [-0.1, -0.05) is 60.7 Å². The van der Waals surface area contributed by atoms with Gasteiger partial charge in [-0.15, -0.1) is 0 Å². The Morgan fingerprint density at radius 2 is 1.42 bits per heavy atom. The Labute approximate surface area is 183 Å². The highest BCUT2D eigenvalue weighted by Crippen LogP contribution is 2.23. The molecule has 1 heterocycles. The number of carbonyl (C=O) groups excluding carboxylic acids is 2. The molecule has 5 heteroatoms. The van der Waals surface area contributed by atoms with Crippen LogP contribution < -0.4 is 10.2 Å². The first-order valence-electron chi connectivity index (χ1n) is 10.7. The summed E-state index contributed by atoms with van der Waals surface area (Å²) in [6.07, 6.45) is 1.51. The number of amides is 2. The monoisotopic (exact) mass is 413 g/mol. The highest BCUT2D eigenvalue weighted by atomic mass is 16.2. The molecule has 1 N–H and O–H groups in total. The van der Waals surface area contributed by atoms with Crippen molar-refractivity contribution >= 4 is 23.2 Å². The van der Waals surface area contributed by atoms with Crippen LogP contribution in [0.15, 0.2) is 84.9 Å². The fraction of sp³-hybridized carbons (Fsp3) is 0.231. The molecule has 1 fully saturated rings. The summed E-state index contributed by atoms with van der Waals surface area (Å²) in [6, 6.07) is 27.9. The Kier molecular flexibility index (Phi) is 6.75. The van der Waals surface area contributed by atoms with Crippen molar-refractivity contribution in [3.63, 3.8) is 0 Å². The first-order valence-corrected chi connectivity index (χ1v) is 10.7. The minimum absolute atomic E-state index is 0.0585. The van der Waals surface area contributed by atoms with Crippen LogP contribution in [-0.4, -0.2) is 29.8 Å². The van der Waals surface area contributed by atoms with Crippen molar-refractivity contribution in [3.05, 3.63) is 96.1 Å². The molecule has 0 unspecified atom stereocenters. The number of hydrogen-bond donors (Lipinski definition) is 1. The molecule has 0 bridgehead atoms. The van der Waals surface area contributed by atoms with Gasteiger partial charge in [0, 0.05) is 37.4 Å². The maximum Gasteiger partial charge on any atom is 0.238 e. The molecule has 1 saturated heterocycles. The zero-order valence-electron chi connectivity index (χ0n) is 17.5. The van der Waals surface area contributed by atoms with E-state index >= 15 is 0 Å². The standard InChI is InChI=1S/C26H27N3O2/c30-25(27-23-13-15-24(16-14-23)29-17-7-12-26(29)31)20-28(18-21-8-3-1-4-9-21)19-22-10-5-2-6-11-22/h1-6,8-11,13-16H,7,12,17-20H2,(H,27,30). The Balaban J connectivity index is 1.40. The molecule has 0 spiro atoms. The molecule has 0 radical (unpaired) electrons. The van der Waals surface area contributed by atoms with E-state index < -0.39 is 0 Å². The number of nitrogens with one attached hydrogen (secondary N) is 1. The molecule has 1 aliphatic heterocycles. The van der Waals surface area contributed by atoms with Crippen LogP contribution in [0.5, 0.6) is 0 Å². The molecule has 0 aromatic heterocycles. The fourth-order valence-corrected chi connectivity index (χ4v) is 3.90. The Morgan fingerprint density at radius 3 is 1.94 bits per heavy atom. The van der Waals surface area contributed by atoms with Crippen LogP contribution in [0.2, 0.25) is 0 Å². The van der Waals surface area contributed by atoms with Gasteiger partial charge in [0.05, 0.1) is 6.54 Å². The second-order valence-electron chi connectivity index (χ2n) is 7.86. The van der Waals surface area contributed by atoms with Crippen LogP contribution >= 0.6 is 0 Å². The van der Waals surface area contributed by atoms with Gasteiger partial charge in [-0.05, 0) is 41.8 Å². The van der Waals surface area contributed by atoms with Gasteiger partial charge in [-0.25, -0.2) is 0 Å². The average molecular weight is 414 g/mol. The van der Waals surface area contributed by atoms with E-state index in [4.69, 9.17) is 0 Å². The Hall–Kier alpha value is -3.44. The molecule has 4 rings (SSSR count). The normalized spacial score (nSPS) is 13.6. The predicted molar refractivity (Wildman–Crippen MR) is 124 cm³/mol. The molecular weight excluding hydrogens is 386 g/mol. The van der Waals surface area contributed by atoms with Crippen molar-refractivity contribution in [3.8, 4) is 0 Å². The lowest BCUT2D eigenvalue weighted by atomic mass is 10.1. The second kappa shape index (κ2) is 10.0. The maximum atomic E-state index is 12.8. The molecule has 2 amide bonds. The minimum Gasteiger partial charge on any atom is -0.325 e. The van der Waals surface area contributed by atoms with E-state index in [1.807, 2.05) is 60.7 Å². The highest BCUT2D eigenvalue weighted by Gasteiger charge is 2.21. The number of rotatable bonds is 8. The summed E-state index contributed by atoms with van der Waals surface area (Å²) < 4.78 is 0. The van der Waals surface area contributed by atoms with Gasteiger partial charge in [-0.2, -0.15) is 0 Å². The van der Waals surface area contributed by atoms with Gasteiger partial charge in [0.15, 0.2) is 0 Å². The van der Waals surface area contributed by atoms with Crippen LogP contribution in [0.4, 0.5) is 11.4 Å². The van der Waals surface area contributed by atoms with E-state index in [-0.39, 0.29) is 18.4 Å². The Bertz CT molecular complexity index is 962. The van der Waals surface area contributed by atoms with E-state index in [9.17, 15) is 9.59 Å². The van der Waals surface area contributed by atoms with Crippen LogP contribution in [-0.2, 0) is 22.7 Å². The third kappa shape index (κ3) is 5.80. The van der Waals surface area contributed by atoms with Crippen LogP contribution in [0, 0.1) is 0 Å². The summed E-state index contributed by atoms with van der Waals surface area (Å²) in [7, 11) is 0. The van der Waals surface area contributed by atoms with Crippen LogP contribution in [0.1, 0.15) is 24.0 Å². The molecular formula is C26H27N3O2. The number of carbonyl (C=O) groups is 2. The predicted octanol–water partition coefficient (Wildman–Crippen LogP) is 4.45. The summed E-state index contributed by atoms with van der Waals surface area (Å²) in [5.74, 6) is 0.103. The topological polar surface area (TPSA) is 52.7 Å². The first-order chi connectivity index (χ1) is 15.2. The smallest absolute Gasteiger partial charge is 0.238 e. The van der Waals surface area contributed by atoms with Crippen LogP contribution in [0.25, 0.3) is 0 Å². The SMILES string of the molecule is O=C(CN(Cc1ccccc1)Cc1ccccc1)Nc1ccc(N2CCCC2=O)cc1. The van der Waals surface area contributed by atoms with Crippen molar-refractivity contribution in [1.29, 1.82) is 0 Å². The zero-order chi connectivity index (χ0) is 21.5. The van der Waals surface area contributed by atoms with Crippen molar-refractivity contribution < 1.29 is 9.59 Å².